The summed E-state index contributed by atoms with van der Waals surface area (Å²) in [5.74, 6) is -5.10. The van der Waals surface area contributed by atoms with Crippen LogP contribution in [-0.4, -0.2) is 83.6 Å². The Kier molecular flexibility index (Phi) is 12.1. The topological polar surface area (TPSA) is 278 Å². The van der Waals surface area contributed by atoms with Gasteiger partial charge in [0.2, 0.25) is 23.6 Å². The first kappa shape index (κ1) is 26.5. The van der Waals surface area contributed by atoms with Gasteiger partial charge in [-0.3, -0.25) is 24.2 Å². The molecule has 0 rings (SSSR count). The molecule has 15 heteroatoms. The van der Waals surface area contributed by atoms with Gasteiger partial charge >= 0.3 is 5.97 Å². The number of aliphatic imine (C=N–C) groups is 1. The number of amides is 4. The van der Waals surface area contributed by atoms with Crippen LogP contribution in [0.3, 0.4) is 0 Å². The van der Waals surface area contributed by atoms with Gasteiger partial charge in [-0.1, -0.05) is 0 Å². The van der Waals surface area contributed by atoms with Gasteiger partial charge in [0, 0.05) is 6.54 Å². The zero-order valence-electron chi connectivity index (χ0n) is 16.2. The molecule has 0 spiro atoms. The average molecular weight is 432 g/mol. The Labute approximate surface area is 171 Å². The zero-order valence-corrected chi connectivity index (χ0v) is 16.2. The van der Waals surface area contributed by atoms with E-state index in [-0.39, 0.29) is 18.9 Å². The number of rotatable bonds is 14. The van der Waals surface area contributed by atoms with E-state index < -0.39 is 67.3 Å². The Bertz CT molecular complexity index is 665. The normalized spacial score (nSPS) is 13.3. The SMILES string of the molecule is NC(=O)CC(NC(=O)C(CO)NC(=O)CNC(=O)C(N)CCCN=C(N)N)C(=O)O. The largest absolute Gasteiger partial charge is 0.480 e. The van der Waals surface area contributed by atoms with E-state index in [1.165, 1.54) is 0 Å². The van der Waals surface area contributed by atoms with Gasteiger partial charge in [0.25, 0.3) is 0 Å². The smallest absolute Gasteiger partial charge is 0.326 e. The van der Waals surface area contributed by atoms with Crippen molar-refractivity contribution >= 4 is 35.6 Å². The van der Waals surface area contributed by atoms with Crippen LogP contribution < -0.4 is 38.9 Å². The Balaban J connectivity index is 4.52. The molecule has 0 bridgehead atoms. The number of hydrogen-bond donors (Lipinski definition) is 9. The van der Waals surface area contributed by atoms with E-state index in [1.807, 2.05) is 5.32 Å². The number of guanidine groups is 1. The third-order valence-electron chi connectivity index (χ3n) is 3.58. The van der Waals surface area contributed by atoms with Crippen LogP contribution in [0.25, 0.3) is 0 Å². The van der Waals surface area contributed by atoms with Crippen LogP contribution in [-0.2, 0) is 24.0 Å². The summed E-state index contributed by atoms with van der Waals surface area (Å²) in [6.45, 7) is -1.13. The van der Waals surface area contributed by atoms with E-state index in [0.29, 0.717) is 6.42 Å². The molecule has 0 radical (unpaired) electrons. The highest BCUT2D eigenvalue weighted by atomic mass is 16.4. The van der Waals surface area contributed by atoms with Gasteiger partial charge in [0.15, 0.2) is 5.96 Å². The molecule has 13 N–H and O–H groups in total. The number of carbonyl (C=O) groups is 5. The van der Waals surface area contributed by atoms with Gasteiger partial charge in [-0.15, -0.1) is 0 Å². The lowest BCUT2D eigenvalue weighted by molar-refractivity contribution is -0.144. The standard InChI is InChI=1S/C15H28N8O7/c16-7(2-1-3-20-15(18)19)12(27)21-5-11(26)22-9(6-24)13(28)23-8(14(29)30)4-10(17)25/h7-9,24H,1-6,16H2,(H2,17,25)(H,21,27)(H,22,26)(H,23,28)(H,29,30)(H4,18,19,20). The summed E-state index contributed by atoms with van der Waals surface area (Å²) < 4.78 is 0. The van der Waals surface area contributed by atoms with Crippen LogP contribution in [0.2, 0.25) is 0 Å². The molecule has 0 aliphatic heterocycles. The Morgan fingerprint density at radius 1 is 0.967 bits per heavy atom. The summed E-state index contributed by atoms with van der Waals surface area (Å²) in [7, 11) is 0. The minimum atomic E-state index is -1.63. The van der Waals surface area contributed by atoms with Gasteiger partial charge < -0.3 is 49.1 Å². The number of carbonyl (C=O) groups excluding carboxylic acids is 4. The molecule has 0 aromatic heterocycles. The highest BCUT2D eigenvalue weighted by Crippen LogP contribution is 1.96. The lowest BCUT2D eigenvalue weighted by Crippen LogP contribution is -2.55. The highest BCUT2D eigenvalue weighted by molar-refractivity contribution is 5.93. The summed E-state index contributed by atoms with van der Waals surface area (Å²) in [4.78, 5) is 61.3. The monoisotopic (exact) mass is 432 g/mol. The molecule has 4 amide bonds. The van der Waals surface area contributed by atoms with E-state index >= 15 is 0 Å². The maximum atomic E-state index is 12.0. The Hall–Kier alpha value is -3.46. The number of nitrogens with one attached hydrogen (secondary N) is 3. The maximum absolute atomic E-state index is 12.0. The second-order valence-corrected chi connectivity index (χ2v) is 6.15. The predicted octanol–water partition coefficient (Wildman–Crippen LogP) is -5.59. The lowest BCUT2D eigenvalue weighted by atomic mass is 10.1. The molecule has 0 heterocycles. The zero-order chi connectivity index (χ0) is 23.3. The van der Waals surface area contributed by atoms with Crippen molar-refractivity contribution in [2.75, 3.05) is 19.7 Å². The average Bonchev–Trinajstić information content (AvgIpc) is 2.65. The highest BCUT2D eigenvalue weighted by Gasteiger charge is 2.27. The van der Waals surface area contributed by atoms with Crippen molar-refractivity contribution in [3.63, 3.8) is 0 Å². The van der Waals surface area contributed by atoms with Crippen LogP contribution in [0.4, 0.5) is 0 Å². The predicted molar refractivity (Wildman–Crippen MR) is 103 cm³/mol. The first-order valence-corrected chi connectivity index (χ1v) is 8.78. The van der Waals surface area contributed by atoms with Crippen LogP contribution in [0.5, 0.6) is 0 Å². The minimum Gasteiger partial charge on any atom is -0.480 e. The fourth-order valence-electron chi connectivity index (χ4n) is 2.06. The van der Waals surface area contributed by atoms with Crippen molar-refractivity contribution in [1.29, 1.82) is 0 Å². The van der Waals surface area contributed by atoms with Crippen molar-refractivity contribution in [1.82, 2.24) is 16.0 Å². The molecular weight excluding hydrogens is 404 g/mol. The van der Waals surface area contributed by atoms with E-state index in [2.05, 4.69) is 15.6 Å². The lowest BCUT2D eigenvalue weighted by Gasteiger charge is -2.19. The van der Waals surface area contributed by atoms with Crippen LogP contribution >= 0.6 is 0 Å². The van der Waals surface area contributed by atoms with Crippen LogP contribution in [0, 0.1) is 0 Å². The molecule has 170 valence electrons. The third-order valence-corrected chi connectivity index (χ3v) is 3.58. The second-order valence-electron chi connectivity index (χ2n) is 6.15. The van der Waals surface area contributed by atoms with E-state index in [4.69, 9.17) is 28.0 Å². The summed E-state index contributed by atoms with van der Waals surface area (Å²) >= 11 is 0. The van der Waals surface area contributed by atoms with Crippen LogP contribution in [0.15, 0.2) is 4.99 Å². The molecule has 15 nitrogen and oxygen atoms in total. The van der Waals surface area contributed by atoms with Gasteiger partial charge in [0.1, 0.15) is 12.1 Å². The fraction of sp³-hybridized carbons (Fsp3) is 0.600. The minimum absolute atomic E-state index is 0.0866. The van der Waals surface area contributed by atoms with Gasteiger partial charge in [-0.2, -0.15) is 0 Å². The molecule has 30 heavy (non-hydrogen) atoms. The summed E-state index contributed by atoms with van der Waals surface area (Å²) in [6.07, 6.45) is 0.00806. The first-order valence-electron chi connectivity index (χ1n) is 8.78. The van der Waals surface area contributed by atoms with Crippen molar-refractivity contribution in [2.45, 2.75) is 37.4 Å². The first-order chi connectivity index (χ1) is 14.0. The van der Waals surface area contributed by atoms with E-state index in [9.17, 15) is 29.1 Å². The number of nitrogens with zero attached hydrogens (tertiary/aromatic N) is 1. The van der Waals surface area contributed by atoms with Crippen molar-refractivity contribution < 1.29 is 34.2 Å². The Morgan fingerprint density at radius 3 is 2.10 bits per heavy atom. The molecule has 0 aliphatic rings. The quantitative estimate of drug-likeness (QED) is 0.0712. The number of aliphatic hydroxyl groups excluding tert-OH is 1. The summed E-state index contributed by atoms with van der Waals surface area (Å²) in [6, 6.07) is -4.07. The summed E-state index contributed by atoms with van der Waals surface area (Å²) in [5.41, 5.74) is 20.9. The molecule has 0 aromatic carbocycles. The summed E-state index contributed by atoms with van der Waals surface area (Å²) in [5, 5.41) is 24.6. The number of carboxylic acid groups (broad SMARTS) is 1. The van der Waals surface area contributed by atoms with E-state index in [1.54, 1.807) is 0 Å². The van der Waals surface area contributed by atoms with Crippen molar-refractivity contribution in [3.8, 4) is 0 Å². The van der Waals surface area contributed by atoms with E-state index in [0.717, 1.165) is 0 Å². The van der Waals surface area contributed by atoms with Crippen molar-refractivity contribution in [2.24, 2.45) is 27.9 Å². The molecular formula is C15H28N8O7. The van der Waals surface area contributed by atoms with Gasteiger partial charge in [0.05, 0.1) is 25.6 Å². The number of primary amides is 1. The third kappa shape index (κ3) is 11.4. The molecule has 0 aliphatic carbocycles. The number of nitrogens with two attached hydrogens (primary N) is 4. The van der Waals surface area contributed by atoms with Gasteiger partial charge in [-0.05, 0) is 12.8 Å². The van der Waals surface area contributed by atoms with Crippen LogP contribution in [0.1, 0.15) is 19.3 Å². The molecule has 0 saturated heterocycles. The second kappa shape index (κ2) is 13.7. The molecule has 0 fully saturated rings. The molecule has 3 unspecified atom stereocenters. The maximum Gasteiger partial charge on any atom is 0.326 e. The van der Waals surface area contributed by atoms with Crippen molar-refractivity contribution in [3.05, 3.63) is 0 Å². The number of carboxylic acids is 1. The fourth-order valence-corrected chi connectivity index (χ4v) is 2.06. The molecule has 0 aromatic rings. The van der Waals surface area contributed by atoms with Gasteiger partial charge in [-0.25, -0.2) is 4.79 Å². The number of aliphatic carboxylic acids is 1. The molecule has 3 atom stereocenters. The Morgan fingerprint density at radius 2 is 1.60 bits per heavy atom. The molecule has 0 saturated carbocycles. The number of hydrogen-bond acceptors (Lipinski definition) is 8. The number of aliphatic hydroxyl groups is 1.